The number of nitrogens with zero attached hydrogens (tertiary/aromatic N) is 2. The molecule has 17 heavy (non-hydrogen) atoms. The van der Waals surface area contributed by atoms with Crippen LogP contribution in [-0.4, -0.2) is 31.3 Å². The number of aromatic nitrogens is 1. The first-order chi connectivity index (χ1) is 8.25. The molecule has 90 valence electrons. The molecule has 1 aromatic carbocycles. The lowest BCUT2D eigenvalue weighted by Crippen LogP contribution is -2.36. The Morgan fingerprint density at radius 3 is 2.82 bits per heavy atom. The number of ether oxygens (including phenoxy) is 1. The van der Waals surface area contributed by atoms with Gasteiger partial charge in [0.05, 0.1) is 28.5 Å². The maximum Gasteiger partial charge on any atom is 0.186 e. The highest BCUT2D eigenvalue weighted by Gasteiger charge is 2.17. The third-order valence-electron chi connectivity index (χ3n) is 2.97. The average Bonchev–Trinajstić information content (AvgIpc) is 2.81. The standard InChI is InChI=1S/C12H13ClN2OS/c1-8-2-3-9(13)11-10(8)14-12(17-11)15-4-6-16-7-5-15/h2-3H,4-7H2,1H3. The summed E-state index contributed by atoms with van der Waals surface area (Å²) in [4.78, 5) is 6.97. The lowest BCUT2D eigenvalue weighted by molar-refractivity contribution is 0.122. The van der Waals surface area contributed by atoms with E-state index in [4.69, 9.17) is 21.3 Å². The molecular formula is C12H13ClN2OS. The van der Waals surface area contributed by atoms with Gasteiger partial charge in [0, 0.05) is 13.1 Å². The largest absolute Gasteiger partial charge is 0.378 e. The van der Waals surface area contributed by atoms with Crippen LogP contribution < -0.4 is 4.90 Å². The minimum Gasteiger partial charge on any atom is -0.378 e. The summed E-state index contributed by atoms with van der Waals surface area (Å²) in [5.41, 5.74) is 2.21. The minimum atomic E-state index is 0.780. The van der Waals surface area contributed by atoms with Crippen LogP contribution >= 0.6 is 22.9 Å². The van der Waals surface area contributed by atoms with Crippen LogP contribution in [0.5, 0.6) is 0 Å². The summed E-state index contributed by atoms with van der Waals surface area (Å²) in [6.45, 7) is 5.46. The summed E-state index contributed by atoms with van der Waals surface area (Å²) in [6.07, 6.45) is 0. The number of hydrogen-bond donors (Lipinski definition) is 0. The van der Waals surface area contributed by atoms with Crippen molar-refractivity contribution in [1.29, 1.82) is 0 Å². The zero-order valence-electron chi connectivity index (χ0n) is 9.57. The molecule has 0 unspecified atom stereocenters. The second kappa shape index (κ2) is 4.44. The summed E-state index contributed by atoms with van der Waals surface area (Å²) in [5.74, 6) is 0. The third-order valence-corrected chi connectivity index (χ3v) is 4.54. The normalized spacial score (nSPS) is 16.7. The Balaban J connectivity index is 2.06. The number of halogens is 1. The Morgan fingerprint density at radius 1 is 1.35 bits per heavy atom. The molecule has 0 spiro atoms. The van der Waals surface area contributed by atoms with Gasteiger partial charge in [-0.25, -0.2) is 4.98 Å². The van der Waals surface area contributed by atoms with Crippen LogP contribution in [0.2, 0.25) is 5.02 Å². The lowest BCUT2D eigenvalue weighted by Gasteiger charge is -2.25. The molecule has 1 aliphatic rings. The predicted octanol–water partition coefficient (Wildman–Crippen LogP) is 3.09. The molecule has 1 fully saturated rings. The molecule has 3 rings (SSSR count). The van der Waals surface area contributed by atoms with E-state index in [1.807, 2.05) is 12.1 Å². The number of thiazole rings is 1. The van der Waals surface area contributed by atoms with Gasteiger partial charge in [0.2, 0.25) is 0 Å². The van der Waals surface area contributed by atoms with Crippen LogP contribution in [-0.2, 0) is 4.74 Å². The second-order valence-electron chi connectivity index (χ2n) is 4.14. The van der Waals surface area contributed by atoms with Crippen LogP contribution in [0.1, 0.15) is 5.56 Å². The molecule has 1 aromatic heterocycles. The average molecular weight is 269 g/mol. The van der Waals surface area contributed by atoms with Gasteiger partial charge in [-0.3, -0.25) is 0 Å². The van der Waals surface area contributed by atoms with Crippen LogP contribution in [0.4, 0.5) is 5.13 Å². The molecule has 2 heterocycles. The van der Waals surface area contributed by atoms with Crippen LogP contribution in [0.25, 0.3) is 10.2 Å². The lowest BCUT2D eigenvalue weighted by atomic mass is 10.2. The third kappa shape index (κ3) is 2.01. The smallest absolute Gasteiger partial charge is 0.186 e. The van der Waals surface area contributed by atoms with Crippen molar-refractivity contribution in [2.24, 2.45) is 0 Å². The van der Waals surface area contributed by atoms with Crippen molar-refractivity contribution in [3.8, 4) is 0 Å². The SMILES string of the molecule is Cc1ccc(Cl)c2sc(N3CCOCC3)nc12. The fourth-order valence-corrected chi connectivity index (χ4v) is 3.35. The molecule has 0 saturated carbocycles. The summed E-state index contributed by atoms with van der Waals surface area (Å²) < 4.78 is 6.44. The fraction of sp³-hybridized carbons (Fsp3) is 0.417. The van der Waals surface area contributed by atoms with Crippen molar-refractivity contribution in [3.63, 3.8) is 0 Å². The summed E-state index contributed by atoms with van der Waals surface area (Å²) in [5, 5.41) is 1.85. The summed E-state index contributed by atoms with van der Waals surface area (Å²) in [6, 6.07) is 3.97. The molecule has 2 aromatic rings. The molecule has 0 radical (unpaired) electrons. The van der Waals surface area contributed by atoms with E-state index in [9.17, 15) is 0 Å². The first kappa shape index (κ1) is 11.3. The van der Waals surface area contributed by atoms with Crippen LogP contribution in [0, 0.1) is 6.92 Å². The highest BCUT2D eigenvalue weighted by molar-refractivity contribution is 7.22. The number of hydrogen-bond acceptors (Lipinski definition) is 4. The van der Waals surface area contributed by atoms with E-state index < -0.39 is 0 Å². The van der Waals surface area contributed by atoms with E-state index in [0.717, 1.165) is 46.7 Å². The maximum absolute atomic E-state index is 6.21. The van der Waals surface area contributed by atoms with Gasteiger partial charge in [-0.15, -0.1) is 0 Å². The number of aryl methyl sites for hydroxylation is 1. The molecule has 1 aliphatic heterocycles. The summed E-state index contributed by atoms with van der Waals surface area (Å²) >= 11 is 7.88. The van der Waals surface area contributed by atoms with Gasteiger partial charge in [0.15, 0.2) is 5.13 Å². The van der Waals surface area contributed by atoms with Gasteiger partial charge in [0.1, 0.15) is 0 Å². The number of fused-ring (bicyclic) bond motifs is 1. The molecule has 0 atom stereocenters. The van der Waals surface area contributed by atoms with Gasteiger partial charge in [-0.05, 0) is 18.6 Å². The Labute approximate surface area is 109 Å². The highest BCUT2D eigenvalue weighted by atomic mass is 35.5. The van der Waals surface area contributed by atoms with Gasteiger partial charge in [-0.1, -0.05) is 29.0 Å². The fourth-order valence-electron chi connectivity index (χ4n) is 1.98. The van der Waals surface area contributed by atoms with E-state index in [1.54, 1.807) is 11.3 Å². The molecule has 0 N–H and O–H groups in total. The molecule has 0 aliphatic carbocycles. The Bertz CT molecular complexity index is 510. The van der Waals surface area contributed by atoms with Crippen molar-refractivity contribution in [3.05, 3.63) is 22.7 Å². The first-order valence-corrected chi connectivity index (χ1v) is 6.83. The number of morpholine rings is 1. The second-order valence-corrected chi connectivity index (χ2v) is 5.52. The van der Waals surface area contributed by atoms with E-state index in [0.29, 0.717) is 0 Å². The number of rotatable bonds is 1. The number of anilines is 1. The molecule has 3 nitrogen and oxygen atoms in total. The molecule has 0 amide bonds. The monoisotopic (exact) mass is 268 g/mol. The molecule has 1 saturated heterocycles. The predicted molar refractivity (Wildman–Crippen MR) is 72.4 cm³/mol. The van der Waals surface area contributed by atoms with Crippen LogP contribution in [0.15, 0.2) is 12.1 Å². The van der Waals surface area contributed by atoms with Crippen molar-refractivity contribution in [2.75, 3.05) is 31.2 Å². The van der Waals surface area contributed by atoms with Gasteiger partial charge < -0.3 is 9.64 Å². The number of benzene rings is 1. The van der Waals surface area contributed by atoms with E-state index in [-0.39, 0.29) is 0 Å². The zero-order chi connectivity index (χ0) is 11.8. The minimum absolute atomic E-state index is 0.780. The van der Waals surface area contributed by atoms with Crippen molar-refractivity contribution in [2.45, 2.75) is 6.92 Å². The van der Waals surface area contributed by atoms with Crippen molar-refractivity contribution < 1.29 is 4.74 Å². The molecule has 5 heteroatoms. The molecule has 0 bridgehead atoms. The van der Waals surface area contributed by atoms with Crippen molar-refractivity contribution >= 4 is 38.3 Å². The topological polar surface area (TPSA) is 25.4 Å². The quantitative estimate of drug-likeness (QED) is 0.795. The van der Waals surface area contributed by atoms with Gasteiger partial charge in [0.25, 0.3) is 0 Å². The Kier molecular flexibility index (Phi) is 2.94. The Morgan fingerprint density at radius 2 is 2.12 bits per heavy atom. The van der Waals surface area contributed by atoms with Gasteiger partial charge in [-0.2, -0.15) is 0 Å². The van der Waals surface area contributed by atoms with Crippen molar-refractivity contribution in [1.82, 2.24) is 4.98 Å². The zero-order valence-corrected chi connectivity index (χ0v) is 11.1. The first-order valence-electron chi connectivity index (χ1n) is 5.64. The Hall–Kier alpha value is -0.840. The van der Waals surface area contributed by atoms with Gasteiger partial charge >= 0.3 is 0 Å². The van der Waals surface area contributed by atoms with Crippen LogP contribution in [0.3, 0.4) is 0 Å². The maximum atomic E-state index is 6.21. The van der Waals surface area contributed by atoms with E-state index >= 15 is 0 Å². The molecular weight excluding hydrogens is 256 g/mol. The van der Waals surface area contributed by atoms with E-state index in [2.05, 4.69) is 11.8 Å². The highest BCUT2D eigenvalue weighted by Crippen LogP contribution is 2.35. The van der Waals surface area contributed by atoms with E-state index in [1.165, 1.54) is 5.56 Å². The summed E-state index contributed by atoms with van der Waals surface area (Å²) in [7, 11) is 0.